The molecule has 0 aliphatic carbocycles. The molecule has 0 aromatic heterocycles. The van der Waals surface area contributed by atoms with Crippen LogP contribution in [-0.2, 0) is 21.2 Å². The van der Waals surface area contributed by atoms with Gasteiger partial charge < -0.3 is 10.1 Å². The molecule has 1 aliphatic rings. The maximum Gasteiger partial charge on any atom is 0.422 e. The first-order chi connectivity index (χ1) is 12.1. The molecule has 0 atom stereocenters. The number of nitrogens with one attached hydrogen (secondary N) is 2. The number of carbonyl (C=O) groups is 1. The summed E-state index contributed by atoms with van der Waals surface area (Å²) in [5.74, 6) is -0.486. The van der Waals surface area contributed by atoms with Gasteiger partial charge in [0.2, 0.25) is 5.91 Å². The highest BCUT2D eigenvalue weighted by Crippen LogP contribution is 2.30. The summed E-state index contributed by atoms with van der Waals surface area (Å²) in [5.41, 5.74) is 0.939. The molecule has 1 aliphatic heterocycles. The Balaban J connectivity index is 1.85. The predicted octanol–water partition coefficient (Wildman–Crippen LogP) is 2.92. The summed E-state index contributed by atoms with van der Waals surface area (Å²) in [4.78, 5) is 11.3. The van der Waals surface area contributed by atoms with Crippen LogP contribution in [0.2, 0.25) is 0 Å². The summed E-state index contributed by atoms with van der Waals surface area (Å²) in [7, 11) is -4.08. The summed E-state index contributed by atoms with van der Waals surface area (Å²) in [6, 6.07) is 9.51. The van der Waals surface area contributed by atoms with Gasteiger partial charge in [-0.2, -0.15) is 13.2 Å². The molecule has 6 nitrogen and oxygen atoms in total. The van der Waals surface area contributed by atoms with Crippen molar-refractivity contribution in [1.29, 1.82) is 0 Å². The third-order valence-electron chi connectivity index (χ3n) is 3.53. The Kier molecular flexibility index (Phi) is 4.53. The number of sulfonamides is 1. The van der Waals surface area contributed by atoms with Crippen LogP contribution >= 0.6 is 0 Å². The number of benzene rings is 2. The second-order valence-electron chi connectivity index (χ2n) is 5.55. The van der Waals surface area contributed by atoms with Crippen LogP contribution in [0.25, 0.3) is 0 Å². The van der Waals surface area contributed by atoms with Gasteiger partial charge in [0.15, 0.2) is 6.61 Å². The number of alkyl halides is 3. The summed E-state index contributed by atoms with van der Waals surface area (Å²) >= 11 is 0. The van der Waals surface area contributed by atoms with E-state index in [4.69, 9.17) is 0 Å². The quantitative estimate of drug-likeness (QED) is 0.828. The van der Waals surface area contributed by atoms with Crippen LogP contribution in [0, 0.1) is 0 Å². The molecule has 0 saturated heterocycles. The monoisotopic (exact) mass is 386 g/mol. The Bertz CT molecular complexity index is 958. The van der Waals surface area contributed by atoms with Crippen molar-refractivity contribution in [2.75, 3.05) is 16.6 Å². The SMILES string of the molecule is O=C1Cc2cc(S(=O)(=O)Nc3ccccc3OCC(F)(F)F)ccc2N1. The Hall–Kier alpha value is -2.75. The zero-order chi connectivity index (χ0) is 18.9. The van der Waals surface area contributed by atoms with Crippen LogP contribution in [-0.4, -0.2) is 27.1 Å². The van der Waals surface area contributed by atoms with E-state index in [-0.39, 0.29) is 28.7 Å². The first kappa shape index (κ1) is 18.1. The molecule has 3 rings (SSSR count). The normalized spacial score (nSPS) is 13.9. The molecule has 0 spiro atoms. The van der Waals surface area contributed by atoms with Gasteiger partial charge in [-0.15, -0.1) is 0 Å². The predicted molar refractivity (Wildman–Crippen MR) is 87.6 cm³/mol. The third-order valence-corrected chi connectivity index (χ3v) is 4.90. The van der Waals surface area contributed by atoms with Gasteiger partial charge in [-0.3, -0.25) is 9.52 Å². The fourth-order valence-corrected chi connectivity index (χ4v) is 3.53. The minimum absolute atomic E-state index is 0.0595. The molecule has 0 unspecified atom stereocenters. The van der Waals surface area contributed by atoms with Gasteiger partial charge in [-0.25, -0.2) is 8.42 Å². The Morgan fingerprint density at radius 3 is 2.62 bits per heavy atom. The molecule has 138 valence electrons. The lowest BCUT2D eigenvalue weighted by Gasteiger charge is -2.15. The molecule has 10 heteroatoms. The van der Waals surface area contributed by atoms with Gasteiger partial charge in [-0.1, -0.05) is 12.1 Å². The summed E-state index contributed by atoms with van der Waals surface area (Å²) in [5, 5.41) is 2.58. The Labute approximate surface area is 147 Å². The lowest BCUT2D eigenvalue weighted by Crippen LogP contribution is -2.20. The van der Waals surface area contributed by atoms with Crippen molar-refractivity contribution in [3.63, 3.8) is 0 Å². The number of halogens is 3. The molecule has 0 radical (unpaired) electrons. The molecule has 26 heavy (non-hydrogen) atoms. The molecule has 1 amide bonds. The second kappa shape index (κ2) is 6.52. The fourth-order valence-electron chi connectivity index (χ4n) is 2.41. The molecule has 0 saturated carbocycles. The Morgan fingerprint density at radius 2 is 1.88 bits per heavy atom. The number of fused-ring (bicyclic) bond motifs is 1. The molecule has 2 aromatic carbocycles. The number of para-hydroxylation sites is 2. The lowest BCUT2D eigenvalue weighted by molar-refractivity contribution is -0.153. The van der Waals surface area contributed by atoms with E-state index in [9.17, 15) is 26.4 Å². The smallest absolute Gasteiger partial charge is 0.422 e. The summed E-state index contributed by atoms with van der Waals surface area (Å²) in [6.07, 6.45) is -4.49. The molecule has 0 bridgehead atoms. The summed E-state index contributed by atoms with van der Waals surface area (Å²) < 4.78 is 69.0. The topological polar surface area (TPSA) is 84.5 Å². The zero-order valence-corrected chi connectivity index (χ0v) is 13.9. The highest BCUT2D eigenvalue weighted by molar-refractivity contribution is 7.92. The number of carbonyl (C=O) groups excluding carboxylic acids is 1. The lowest BCUT2D eigenvalue weighted by atomic mass is 10.2. The van der Waals surface area contributed by atoms with E-state index in [1.54, 1.807) is 0 Å². The van der Waals surface area contributed by atoms with E-state index in [1.807, 2.05) is 0 Å². The molecular formula is C16H13F3N2O4S. The van der Waals surface area contributed by atoms with Crippen molar-refractivity contribution in [3.05, 3.63) is 48.0 Å². The first-order valence-electron chi connectivity index (χ1n) is 7.38. The van der Waals surface area contributed by atoms with Crippen LogP contribution in [0.3, 0.4) is 0 Å². The molecule has 0 fully saturated rings. The standard InChI is InChI=1S/C16H13F3N2O4S/c17-16(18,19)9-25-14-4-2-1-3-13(14)21-26(23,24)11-5-6-12-10(7-11)8-15(22)20-12/h1-7,21H,8-9H2,(H,20,22). The van der Waals surface area contributed by atoms with Crippen LogP contribution in [0.4, 0.5) is 24.5 Å². The number of anilines is 2. The minimum Gasteiger partial charge on any atom is -0.482 e. The van der Waals surface area contributed by atoms with Crippen LogP contribution in [0.5, 0.6) is 5.75 Å². The molecule has 2 aromatic rings. The fraction of sp³-hybridized carbons (Fsp3) is 0.188. The van der Waals surface area contributed by atoms with Gasteiger partial charge in [0, 0.05) is 5.69 Å². The van der Waals surface area contributed by atoms with Crippen molar-refractivity contribution in [3.8, 4) is 5.75 Å². The van der Waals surface area contributed by atoms with E-state index in [0.29, 0.717) is 11.3 Å². The third kappa shape index (κ3) is 4.07. The van der Waals surface area contributed by atoms with Crippen molar-refractivity contribution >= 4 is 27.3 Å². The number of hydrogen-bond acceptors (Lipinski definition) is 4. The maximum absolute atomic E-state index is 12.5. The van der Waals surface area contributed by atoms with E-state index in [0.717, 1.165) is 0 Å². The van der Waals surface area contributed by atoms with Gasteiger partial charge in [-0.05, 0) is 35.9 Å². The van der Waals surface area contributed by atoms with Gasteiger partial charge in [0.05, 0.1) is 17.0 Å². The van der Waals surface area contributed by atoms with Crippen LogP contribution in [0.1, 0.15) is 5.56 Å². The van der Waals surface area contributed by atoms with Crippen LogP contribution < -0.4 is 14.8 Å². The second-order valence-corrected chi connectivity index (χ2v) is 7.23. The highest BCUT2D eigenvalue weighted by atomic mass is 32.2. The van der Waals surface area contributed by atoms with E-state index in [1.165, 1.54) is 42.5 Å². The minimum atomic E-state index is -4.55. The maximum atomic E-state index is 12.5. The number of amides is 1. The van der Waals surface area contributed by atoms with Crippen molar-refractivity contribution in [1.82, 2.24) is 0 Å². The largest absolute Gasteiger partial charge is 0.482 e. The average Bonchev–Trinajstić information content (AvgIpc) is 2.92. The average molecular weight is 386 g/mol. The zero-order valence-electron chi connectivity index (χ0n) is 13.1. The van der Waals surface area contributed by atoms with E-state index in [2.05, 4.69) is 14.8 Å². The van der Waals surface area contributed by atoms with Gasteiger partial charge in [0.25, 0.3) is 10.0 Å². The molecular weight excluding hydrogens is 373 g/mol. The van der Waals surface area contributed by atoms with Crippen LogP contribution in [0.15, 0.2) is 47.4 Å². The van der Waals surface area contributed by atoms with E-state index >= 15 is 0 Å². The van der Waals surface area contributed by atoms with Crippen molar-refractivity contribution in [2.45, 2.75) is 17.5 Å². The van der Waals surface area contributed by atoms with Gasteiger partial charge in [0.1, 0.15) is 5.75 Å². The molecule has 2 N–H and O–H groups in total. The molecule has 1 heterocycles. The van der Waals surface area contributed by atoms with Crippen molar-refractivity contribution < 1.29 is 31.1 Å². The summed E-state index contributed by atoms with van der Waals surface area (Å²) in [6.45, 7) is -1.54. The number of ether oxygens (including phenoxy) is 1. The first-order valence-corrected chi connectivity index (χ1v) is 8.86. The van der Waals surface area contributed by atoms with Crippen molar-refractivity contribution in [2.24, 2.45) is 0 Å². The number of hydrogen-bond donors (Lipinski definition) is 2. The number of rotatable bonds is 5. The van der Waals surface area contributed by atoms with Gasteiger partial charge >= 0.3 is 6.18 Å². The highest BCUT2D eigenvalue weighted by Gasteiger charge is 2.29. The van der Waals surface area contributed by atoms with E-state index < -0.39 is 22.8 Å². The Morgan fingerprint density at radius 1 is 1.15 bits per heavy atom.